The van der Waals surface area contributed by atoms with Crippen molar-refractivity contribution in [2.24, 2.45) is 0 Å². The summed E-state index contributed by atoms with van der Waals surface area (Å²) in [5, 5.41) is 3.33. The highest BCUT2D eigenvalue weighted by Crippen LogP contribution is 2.34. The van der Waals surface area contributed by atoms with Crippen molar-refractivity contribution in [3.63, 3.8) is 0 Å². The molecule has 0 saturated heterocycles. The number of hydrogen-bond donors (Lipinski definition) is 1. The van der Waals surface area contributed by atoms with Gasteiger partial charge in [0.2, 0.25) is 21.8 Å². The van der Waals surface area contributed by atoms with Gasteiger partial charge in [-0.05, 0) is 35.7 Å². The van der Waals surface area contributed by atoms with E-state index >= 15 is 0 Å². The molecule has 2 amide bonds. The van der Waals surface area contributed by atoms with Gasteiger partial charge in [-0.3, -0.25) is 13.9 Å². The van der Waals surface area contributed by atoms with Crippen LogP contribution in [0.3, 0.4) is 0 Å². The van der Waals surface area contributed by atoms with Gasteiger partial charge in [0.05, 0.1) is 26.2 Å². The fraction of sp³-hybridized carbons (Fsp3) is 0.333. The molecule has 0 aliphatic rings. The fourth-order valence-corrected chi connectivity index (χ4v) is 5.36. The maximum absolute atomic E-state index is 14.2. The molecule has 11 heteroatoms. The van der Waals surface area contributed by atoms with Gasteiger partial charge in [0.25, 0.3) is 0 Å². The minimum Gasteiger partial charge on any atom is -0.497 e. The first-order valence-corrected chi connectivity index (χ1v) is 15.4. The van der Waals surface area contributed by atoms with Crippen LogP contribution in [0, 0.1) is 0 Å². The lowest BCUT2D eigenvalue weighted by molar-refractivity contribution is -0.140. The molecular formula is C30H36ClN3O6S. The lowest BCUT2D eigenvalue weighted by Crippen LogP contribution is -2.53. The van der Waals surface area contributed by atoms with E-state index in [4.69, 9.17) is 21.1 Å². The highest BCUT2D eigenvalue weighted by atomic mass is 35.5. The zero-order valence-corrected chi connectivity index (χ0v) is 25.2. The van der Waals surface area contributed by atoms with Gasteiger partial charge in [-0.2, -0.15) is 0 Å². The van der Waals surface area contributed by atoms with Gasteiger partial charge < -0.3 is 19.7 Å². The van der Waals surface area contributed by atoms with Crippen LogP contribution in [-0.4, -0.2) is 64.7 Å². The Morgan fingerprint density at radius 2 is 1.66 bits per heavy atom. The first-order valence-electron chi connectivity index (χ1n) is 13.1. The van der Waals surface area contributed by atoms with E-state index in [0.717, 1.165) is 16.1 Å². The summed E-state index contributed by atoms with van der Waals surface area (Å²) in [4.78, 5) is 29.1. The van der Waals surface area contributed by atoms with Crippen LogP contribution in [0.2, 0.25) is 5.02 Å². The van der Waals surface area contributed by atoms with Gasteiger partial charge in [0.15, 0.2) is 0 Å². The fourth-order valence-electron chi connectivity index (χ4n) is 4.32. The number of carbonyl (C=O) groups excluding carboxylic acids is 2. The van der Waals surface area contributed by atoms with Crippen LogP contribution in [0.25, 0.3) is 0 Å². The second-order valence-electron chi connectivity index (χ2n) is 9.42. The molecule has 0 aliphatic heterocycles. The molecule has 0 spiro atoms. The highest BCUT2D eigenvalue weighted by Gasteiger charge is 2.34. The number of rotatable bonds is 14. The van der Waals surface area contributed by atoms with E-state index in [1.807, 2.05) is 37.3 Å². The summed E-state index contributed by atoms with van der Waals surface area (Å²) in [6.45, 7) is 1.76. The number of methoxy groups -OCH3 is 2. The van der Waals surface area contributed by atoms with Crippen molar-refractivity contribution in [2.75, 3.05) is 37.9 Å². The van der Waals surface area contributed by atoms with E-state index in [-0.39, 0.29) is 30.3 Å². The molecule has 0 aliphatic carbocycles. The Balaban J connectivity index is 2.10. The second kappa shape index (κ2) is 14.7. The summed E-state index contributed by atoms with van der Waals surface area (Å²) in [7, 11) is -1.12. The predicted molar refractivity (Wildman–Crippen MR) is 161 cm³/mol. The summed E-state index contributed by atoms with van der Waals surface area (Å²) < 4.78 is 37.8. The number of halogens is 1. The topological polar surface area (TPSA) is 105 Å². The van der Waals surface area contributed by atoms with Crippen molar-refractivity contribution in [1.82, 2.24) is 10.2 Å². The molecule has 0 bridgehead atoms. The third kappa shape index (κ3) is 8.61. The van der Waals surface area contributed by atoms with Gasteiger partial charge in [0, 0.05) is 30.6 Å². The molecule has 0 radical (unpaired) electrons. The Bertz CT molecular complexity index is 1440. The maximum atomic E-state index is 14.2. The van der Waals surface area contributed by atoms with Crippen molar-refractivity contribution < 1.29 is 27.5 Å². The number of amides is 2. The minimum atomic E-state index is -3.98. The van der Waals surface area contributed by atoms with E-state index in [2.05, 4.69) is 5.32 Å². The van der Waals surface area contributed by atoms with Crippen LogP contribution >= 0.6 is 11.6 Å². The van der Waals surface area contributed by atoms with Crippen LogP contribution in [0.1, 0.15) is 24.5 Å². The van der Waals surface area contributed by atoms with Crippen molar-refractivity contribution in [2.45, 2.75) is 32.4 Å². The molecular weight excluding hydrogens is 566 g/mol. The molecule has 3 aromatic rings. The second-order valence-corrected chi connectivity index (χ2v) is 11.7. The Morgan fingerprint density at radius 1 is 0.976 bits per heavy atom. The Morgan fingerprint density at radius 3 is 2.27 bits per heavy atom. The SMILES string of the molecule is CCCNC(=O)[C@@H](Cc1ccccc1)N(Cc1ccccc1Cl)C(=O)CN(c1cc(OC)ccc1OC)S(C)(=O)=O. The van der Waals surface area contributed by atoms with Crippen molar-refractivity contribution >= 4 is 39.1 Å². The molecule has 9 nitrogen and oxygen atoms in total. The first kappa shape index (κ1) is 31.8. The Hall–Kier alpha value is -3.76. The minimum absolute atomic E-state index is 0.0115. The van der Waals surface area contributed by atoms with E-state index in [1.165, 1.54) is 25.2 Å². The summed E-state index contributed by atoms with van der Waals surface area (Å²) in [6.07, 6.45) is 1.93. The Labute approximate surface area is 247 Å². The number of nitrogens with one attached hydrogen (secondary N) is 1. The number of sulfonamides is 1. The molecule has 0 aromatic heterocycles. The van der Waals surface area contributed by atoms with Crippen LogP contribution < -0.4 is 19.1 Å². The number of carbonyl (C=O) groups is 2. The molecule has 1 N–H and O–H groups in total. The summed E-state index contributed by atoms with van der Waals surface area (Å²) >= 11 is 6.47. The molecule has 41 heavy (non-hydrogen) atoms. The van der Waals surface area contributed by atoms with Crippen LogP contribution in [-0.2, 0) is 32.6 Å². The van der Waals surface area contributed by atoms with Crippen LogP contribution in [0.15, 0.2) is 72.8 Å². The molecule has 3 aromatic carbocycles. The zero-order chi connectivity index (χ0) is 30.0. The number of anilines is 1. The van der Waals surface area contributed by atoms with Gasteiger partial charge in [-0.25, -0.2) is 8.42 Å². The van der Waals surface area contributed by atoms with Crippen molar-refractivity contribution in [3.05, 3.63) is 88.9 Å². The standard InChI is InChI=1S/C30H36ClN3O6S/c1-5-17-32-30(36)27(18-22-11-7-6-8-12-22)33(20-23-13-9-10-14-25(23)31)29(35)21-34(41(4,37)38)26-19-24(39-2)15-16-28(26)40-3/h6-16,19,27H,5,17-18,20-21H2,1-4H3,(H,32,36)/t27-/m1/s1. The molecule has 0 fully saturated rings. The largest absolute Gasteiger partial charge is 0.497 e. The molecule has 220 valence electrons. The monoisotopic (exact) mass is 601 g/mol. The highest BCUT2D eigenvalue weighted by molar-refractivity contribution is 7.92. The quantitative estimate of drug-likeness (QED) is 0.296. The third-order valence-electron chi connectivity index (χ3n) is 6.45. The summed E-state index contributed by atoms with van der Waals surface area (Å²) in [5.74, 6) is -0.312. The number of ether oxygens (including phenoxy) is 2. The molecule has 3 rings (SSSR count). The lowest BCUT2D eigenvalue weighted by atomic mass is 10.0. The van der Waals surface area contributed by atoms with E-state index in [1.54, 1.807) is 36.4 Å². The smallest absolute Gasteiger partial charge is 0.244 e. The van der Waals surface area contributed by atoms with Gasteiger partial charge in [-0.15, -0.1) is 0 Å². The predicted octanol–water partition coefficient (Wildman–Crippen LogP) is 4.29. The van der Waals surface area contributed by atoms with Crippen molar-refractivity contribution in [3.8, 4) is 11.5 Å². The summed E-state index contributed by atoms with van der Waals surface area (Å²) in [5.41, 5.74) is 1.60. The average molecular weight is 602 g/mol. The first-order chi connectivity index (χ1) is 19.6. The van der Waals surface area contributed by atoms with Gasteiger partial charge in [-0.1, -0.05) is 67.1 Å². The number of hydrogen-bond acceptors (Lipinski definition) is 6. The van der Waals surface area contributed by atoms with E-state index in [9.17, 15) is 18.0 Å². The molecule has 0 unspecified atom stereocenters. The average Bonchev–Trinajstić information content (AvgIpc) is 2.96. The van der Waals surface area contributed by atoms with Gasteiger partial charge >= 0.3 is 0 Å². The van der Waals surface area contributed by atoms with E-state index < -0.39 is 28.5 Å². The number of benzene rings is 3. The van der Waals surface area contributed by atoms with Crippen LogP contribution in [0.4, 0.5) is 5.69 Å². The maximum Gasteiger partial charge on any atom is 0.244 e. The van der Waals surface area contributed by atoms with E-state index in [0.29, 0.717) is 29.3 Å². The molecule has 0 heterocycles. The zero-order valence-electron chi connectivity index (χ0n) is 23.7. The molecule has 0 saturated carbocycles. The van der Waals surface area contributed by atoms with Crippen molar-refractivity contribution in [1.29, 1.82) is 0 Å². The Kier molecular flexibility index (Phi) is 11.4. The lowest BCUT2D eigenvalue weighted by Gasteiger charge is -2.34. The molecule has 1 atom stereocenters. The van der Waals surface area contributed by atoms with Gasteiger partial charge in [0.1, 0.15) is 24.1 Å². The summed E-state index contributed by atoms with van der Waals surface area (Å²) in [6, 6.07) is 20.1. The number of nitrogens with zero attached hydrogens (tertiary/aromatic N) is 2. The third-order valence-corrected chi connectivity index (χ3v) is 7.95. The van der Waals surface area contributed by atoms with Crippen LogP contribution in [0.5, 0.6) is 11.5 Å². The normalized spacial score (nSPS) is 11.8.